The van der Waals surface area contributed by atoms with Crippen molar-refractivity contribution in [1.82, 2.24) is 0 Å². The molecule has 0 aliphatic rings. The van der Waals surface area contributed by atoms with Gasteiger partial charge in [0.2, 0.25) is 5.91 Å². The number of carbonyl (C=O) groups excluding carboxylic acids is 1. The molecule has 0 radical (unpaired) electrons. The minimum atomic E-state index is -0.0759. The highest BCUT2D eigenvalue weighted by molar-refractivity contribution is 6.44. The summed E-state index contributed by atoms with van der Waals surface area (Å²) in [5.41, 5.74) is 5.89. The predicted molar refractivity (Wildman–Crippen MR) is 82.2 cm³/mol. The second-order valence-corrected chi connectivity index (χ2v) is 5.47. The maximum Gasteiger partial charge on any atom is 0.224 e. The molecule has 0 aliphatic carbocycles. The molecular formula is C13H17Cl3N2O. The molecule has 6 heteroatoms. The third-order valence-corrected chi connectivity index (χ3v) is 3.68. The number of amides is 1. The first-order chi connectivity index (χ1) is 9.04. The van der Waals surface area contributed by atoms with Crippen molar-refractivity contribution >= 4 is 46.4 Å². The second-order valence-electron chi connectivity index (χ2n) is 4.25. The lowest BCUT2D eigenvalue weighted by Gasteiger charge is -2.08. The van der Waals surface area contributed by atoms with Crippen LogP contribution in [0.2, 0.25) is 15.1 Å². The van der Waals surface area contributed by atoms with Gasteiger partial charge in [-0.25, -0.2) is 0 Å². The van der Waals surface area contributed by atoms with Gasteiger partial charge in [-0.3, -0.25) is 4.79 Å². The van der Waals surface area contributed by atoms with Crippen LogP contribution in [0.15, 0.2) is 12.1 Å². The molecule has 3 nitrogen and oxygen atoms in total. The van der Waals surface area contributed by atoms with Gasteiger partial charge < -0.3 is 11.1 Å². The van der Waals surface area contributed by atoms with E-state index in [1.807, 2.05) is 0 Å². The molecule has 0 heterocycles. The Morgan fingerprint density at radius 1 is 1.00 bits per heavy atom. The van der Waals surface area contributed by atoms with Crippen molar-refractivity contribution in [3.8, 4) is 0 Å². The first-order valence-corrected chi connectivity index (χ1v) is 7.32. The SMILES string of the molecule is NCCCCCCC(=O)Nc1cc(Cl)c(Cl)cc1Cl. The van der Waals surface area contributed by atoms with Crippen molar-refractivity contribution in [2.24, 2.45) is 5.73 Å². The highest BCUT2D eigenvalue weighted by atomic mass is 35.5. The number of nitrogens with two attached hydrogens (primary N) is 1. The Balaban J connectivity index is 2.42. The first-order valence-electron chi connectivity index (χ1n) is 6.19. The van der Waals surface area contributed by atoms with E-state index in [2.05, 4.69) is 5.32 Å². The molecule has 0 bridgehead atoms. The van der Waals surface area contributed by atoms with Gasteiger partial charge in [-0.15, -0.1) is 0 Å². The predicted octanol–water partition coefficient (Wildman–Crippen LogP) is 4.49. The van der Waals surface area contributed by atoms with Crippen LogP contribution in [0, 0.1) is 0 Å². The zero-order valence-corrected chi connectivity index (χ0v) is 12.8. The summed E-state index contributed by atoms with van der Waals surface area (Å²) in [6.07, 6.45) is 4.35. The van der Waals surface area contributed by atoms with E-state index in [0.717, 1.165) is 25.7 Å². The first kappa shape index (κ1) is 16.6. The van der Waals surface area contributed by atoms with Crippen molar-refractivity contribution in [2.75, 3.05) is 11.9 Å². The number of benzene rings is 1. The van der Waals surface area contributed by atoms with Crippen LogP contribution in [-0.2, 0) is 4.79 Å². The van der Waals surface area contributed by atoms with Crippen LogP contribution < -0.4 is 11.1 Å². The molecule has 0 saturated carbocycles. The van der Waals surface area contributed by atoms with E-state index in [4.69, 9.17) is 40.5 Å². The van der Waals surface area contributed by atoms with Gasteiger partial charge in [0.05, 0.1) is 20.8 Å². The topological polar surface area (TPSA) is 55.1 Å². The van der Waals surface area contributed by atoms with Gasteiger partial charge in [-0.05, 0) is 31.5 Å². The Kier molecular flexibility index (Phi) is 7.54. The molecule has 1 rings (SSSR count). The van der Waals surface area contributed by atoms with E-state index >= 15 is 0 Å². The van der Waals surface area contributed by atoms with E-state index in [-0.39, 0.29) is 5.91 Å². The van der Waals surface area contributed by atoms with Crippen LogP contribution in [-0.4, -0.2) is 12.5 Å². The third-order valence-electron chi connectivity index (χ3n) is 2.64. The van der Waals surface area contributed by atoms with Gasteiger partial charge in [-0.1, -0.05) is 47.6 Å². The maximum absolute atomic E-state index is 11.7. The van der Waals surface area contributed by atoms with Gasteiger partial charge in [0.15, 0.2) is 0 Å². The molecule has 0 fully saturated rings. The molecule has 1 aromatic carbocycles. The summed E-state index contributed by atoms with van der Waals surface area (Å²) < 4.78 is 0. The number of hydrogen-bond acceptors (Lipinski definition) is 2. The molecule has 106 valence electrons. The molecule has 19 heavy (non-hydrogen) atoms. The van der Waals surface area contributed by atoms with Crippen LogP contribution in [0.4, 0.5) is 5.69 Å². The van der Waals surface area contributed by atoms with Gasteiger partial charge in [-0.2, -0.15) is 0 Å². The standard InChI is InChI=1S/C13H17Cl3N2O/c14-9-7-11(16)12(8-10(9)15)18-13(19)5-3-1-2-4-6-17/h7-8H,1-6,17H2,(H,18,19). The second kappa shape index (κ2) is 8.64. The lowest BCUT2D eigenvalue weighted by molar-refractivity contribution is -0.116. The van der Waals surface area contributed by atoms with E-state index in [1.165, 1.54) is 6.07 Å². The van der Waals surface area contributed by atoms with E-state index in [1.54, 1.807) is 6.07 Å². The normalized spacial score (nSPS) is 10.5. The monoisotopic (exact) mass is 322 g/mol. The highest BCUT2D eigenvalue weighted by Gasteiger charge is 2.09. The molecule has 0 atom stereocenters. The van der Waals surface area contributed by atoms with Crippen LogP contribution >= 0.6 is 34.8 Å². The third kappa shape index (κ3) is 6.00. The lowest BCUT2D eigenvalue weighted by Crippen LogP contribution is -2.11. The van der Waals surface area contributed by atoms with Crippen molar-refractivity contribution in [3.05, 3.63) is 27.2 Å². The Labute approximate surface area is 128 Å². The Morgan fingerprint density at radius 3 is 2.32 bits per heavy atom. The summed E-state index contributed by atoms with van der Waals surface area (Å²) in [5, 5.41) is 3.84. The minimum absolute atomic E-state index is 0.0759. The van der Waals surface area contributed by atoms with Crippen LogP contribution in [0.1, 0.15) is 32.1 Å². The van der Waals surface area contributed by atoms with Crippen molar-refractivity contribution < 1.29 is 4.79 Å². The van der Waals surface area contributed by atoms with Gasteiger partial charge in [0.25, 0.3) is 0 Å². The Morgan fingerprint density at radius 2 is 1.63 bits per heavy atom. The minimum Gasteiger partial charge on any atom is -0.330 e. The highest BCUT2D eigenvalue weighted by Crippen LogP contribution is 2.32. The van der Waals surface area contributed by atoms with Crippen LogP contribution in [0.3, 0.4) is 0 Å². The Hall–Kier alpha value is -0.480. The smallest absolute Gasteiger partial charge is 0.224 e. The Bertz CT molecular complexity index is 438. The fraction of sp³-hybridized carbons (Fsp3) is 0.462. The van der Waals surface area contributed by atoms with E-state index in [0.29, 0.717) is 33.7 Å². The number of anilines is 1. The summed E-state index contributed by atoms with van der Waals surface area (Å²) in [5.74, 6) is -0.0759. The summed E-state index contributed by atoms with van der Waals surface area (Å²) in [6.45, 7) is 0.699. The number of hydrogen-bond donors (Lipinski definition) is 2. The number of nitrogens with one attached hydrogen (secondary N) is 1. The van der Waals surface area contributed by atoms with E-state index < -0.39 is 0 Å². The molecule has 0 saturated heterocycles. The fourth-order valence-corrected chi connectivity index (χ4v) is 2.21. The average molecular weight is 324 g/mol. The van der Waals surface area contributed by atoms with Crippen LogP contribution in [0.25, 0.3) is 0 Å². The number of carbonyl (C=O) groups is 1. The van der Waals surface area contributed by atoms with Gasteiger partial charge in [0, 0.05) is 6.42 Å². The van der Waals surface area contributed by atoms with Gasteiger partial charge in [0.1, 0.15) is 0 Å². The molecule has 0 aliphatic heterocycles. The van der Waals surface area contributed by atoms with E-state index in [9.17, 15) is 4.79 Å². The van der Waals surface area contributed by atoms with Gasteiger partial charge >= 0.3 is 0 Å². The molecule has 1 aromatic rings. The largest absolute Gasteiger partial charge is 0.330 e. The lowest BCUT2D eigenvalue weighted by atomic mass is 10.1. The number of rotatable bonds is 7. The van der Waals surface area contributed by atoms with Crippen molar-refractivity contribution in [2.45, 2.75) is 32.1 Å². The molecular weight excluding hydrogens is 307 g/mol. The molecule has 1 amide bonds. The summed E-state index contributed by atoms with van der Waals surface area (Å²) in [4.78, 5) is 11.7. The molecule has 3 N–H and O–H groups in total. The summed E-state index contributed by atoms with van der Waals surface area (Å²) in [6, 6.07) is 3.07. The zero-order valence-electron chi connectivity index (χ0n) is 10.5. The maximum atomic E-state index is 11.7. The average Bonchev–Trinajstić information content (AvgIpc) is 2.35. The fourth-order valence-electron chi connectivity index (χ4n) is 1.61. The number of halogens is 3. The zero-order chi connectivity index (χ0) is 14.3. The number of unbranched alkanes of at least 4 members (excludes halogenated alkanes) is 3. The quantitative estimate of drug-likeness (QED) is 0.573. The summed E-state index contributed by atoms with van der Waals surface area (Å²) in [7, 11) is 0. The summed E-state index contributed by atoms with van der Waals surface area (Å²) >= 11 is 17.7. The molecule has 0 aromatic heterocycles. The van der Waals surface area contributed by atoms with Crippen molar-refractivity contribution in [3.63, 3.8) is 0 Å². The van der Waals surface area contributed by atoms with Crippen molar-refractivity contribution in [1.29, 1.82) is 0 Å². The van der Waals surface area contributed by atoms with Crippen LogP contribution in [0.5, 0.6) is 0 Å². The molecule has 0 spiro atoms. The molecule has 0 unspecified atom stereocenters.